The van der Waals surface area contributed by atoms with Gasteiger partial charge in [-0.15, -0.1) is 0 Å². The van der Waals surface area contributed by atoms with Crippen LogP contribution in [0.2, 0.25) is 0 Å². The molecule has 7 heteroatoms. The number of hydrogen-bond acceptors (Lipinski definition) is 4. The Morgan fingerprint density at radius 1 is 1.19 bits per heavy atom. The van der Waals surface area contributed by atoms with Crippen LogP contribution in [0, 0.1) is 0 Å². The zero-order valence-electron chi connectivity index (χ0n) is 11.8. The minimum absolute atomic E-state index is 0.000205. The molecule has 1 saturated heterocycles. The number of piperazine rings is 1. The van der Waals surface area contributed by atoms with Crippen LogP contribution in [0.3, 0.4) is 0 Å². The lowest BCUT2D eigenvalue weighted by Crippen LogP contribution is -2.49. The first-order chi connectivity index (χ1) is 9.76. The first-order valence-corrected chi connectivity index (χ1v) is 6.81. The minimum Gasteiger partial charge on any atom is -0.507 e. The number of rotatable bonds is 3. The summed E-state index contributed by atoms with van der Waals surface area (Å²) in [5.41, 5.74) is 1.19. The number of phenols is 1. The van der Waals surface area contributed by atoms with Crippen LogP contribution in [0.4, 0.5) is 18.9 Å². The maximum Gasteiger partial charge on any atom is 0.401 e. The highest BCUT2D eigenvalue weighted by molar-refractivity contribution is 5.54. The molecule has 1 aliphatic rings. The van der Waals surface area contributed by atoms with Crippen molar-refractivity contribution in [3.05, 3.63) is 23.8 Å². The predicted octanol–water partition coefficient (Wildman–Crippen LogP) is 2.13. The van der Waals surface area contributed by atoms with Gasteiger partial charge in [0.1, 0.15) is 5.75 Å². The van der Waals surface area contributed by atoms with E-state index in [1.807, 2.05) is 4.90 Å². The number of alkyl halides is 3. The van der Waals surface area contributed by atoms with E-state index >= 15 is 0 Å². The van der Waals surface area contributed by atoms with Crippen molar-refractivity contribution in [3.63, 3.8) is 0 Å². The zero-order chi connectivity index (χ0) is 15.6. The van der Waals surface area contributed by atoms with E-state index in [0.29, 0.717) is 31.7 Å². The van der Waals surface area contributed by atoms with Gasteiger partial charge in [-0.25, -0.2) is 0 Å². The first-order valence-electron chi connectivity index (χ1n) is 6.81. The summed E-state index contributed by atoms with van der Waals surface area (Å²) in [6, 6.07) is 4.94. The van der Waals surface area contributed by atoms with Crippen LogP contribution in [0.5, 0.6) is 5.75 Å². The van der Waals surface area contributed by atoms with Crippen molar-refractivity contribution in [3.8, 4) is 5.75 Å². The van der Waals surface area contributed by atoms with Crippen molar-refractivity contribution in [2.75, 3.05) is 37.6 Å². The van der Waals surface area contributed by atoms with Crippen molar-refractivity contribution in [1.29, 1.82) is 0 Å². The Morgan fingerprint density at radius 2 is 1.81 bits per heavy atom. The van der Waals surface area contributed by atoms with Crippen molar-refractivity contribution >= 4 is 5.69 Å². The molecule has 2 rings (SSSR count). The highest BCUT2D eigenvalue weighted by Gasteiger charge is 2.32. The van der Waals surface area contributed by atoms with Crippen molar-refractivity contribution in [2.45, 2.75) is 19.2 Å². The van der Waals surface area contributed by atoms with Crippen LogP contribution in [-0.4, -0.2) is 54.0 Å². The summed E-state index contributed by atoms with van der Waals surface area (Å²) in [5, 5.41) is 19.3. The van der Waals surface area contributed by atoms with Crippen LogP contribution in [0.25, 0.3) is 0 Å². The fourth-order valence-electron chi connectivity index (χ4n) is 2.50. The number of anilines is 1. The van der Waals surface area contributed by atoms with Gasteiger partial charge >= 0.3 is 6.18 Å². The molecule has 0 aromatic heterocycles. The highest BCUT2D eigenvalue weighted by atomic mass is 19.4. The van der Waals surface area contributed by atoms with Crippen LogP contribution >= 0.6 is 0 Å². The average molecular weight is 304 g/mol. The van der Waals surface area contributed by atoms with Gasteiger partial charge in [-0.2, -0.15) is 13.2 Å². The first kappa shape index (κ1) is 15.9. The third-order valence-corrected chi connectivity index (χ3v) is 3.60. The normalized spacial score (nSPS) is 18.8. The van der Waals surface area contributed by atoms with E-state index in [1.54, 1.807) is 25.1 Å². The molecule has 118 valence electrons. The summed E-state index contributed by atoms with van der Waals surface area (Å²) in [4.78, 5) is 3.30. The fourth-order valence-corrected chi connectivity index (χ4v) is 2.50. The lowest BCUT2D eigenvalue weighted by atomic mass is 10.1. The molecule has 0 spiro atoms. The largest absolute Gasteiger partial charge is 0.507 e. The molecule has 4 nitrogen and oxygen atoms in total. The van der Waals surface area contributed by atoms with Gasteiger partial charge < -0.3 is 15.1 Å². The van der Waals surface area contributed by atoms with Crippen molar-refractivity contribution in [1.82, 2.24) is 4.90 Å². The monoisotopic (exact) mass is 304 g/mol. The maximum atomic E-state index is 12.3. The summed E-state index contributed by atoms with van der Waals surface area (Å²) in [6.07, 6.45) is -4.93. The molecule has 21 heavy (non-hydrogen) atoms. The molecule has 0 bridgehead atoms. The van der Waals surface area contributed by atoms with Crippen molar-refractivity contribution < 1.29 is 23.4 Å². The number of aliphatic hydroxyl groups excluding tert-OH is 1. The zero-order valence-corrected chi connectivity index (χ0v) is 11.8. The van der Waals surface area contributed by atoms with Crippen LogP contribution in [0.1, 0.15) is 18.6 Å². The Labute approximate surface area is 121 Å². The molecular formula is C14H19F3N2O2. The topological polar surface area (TPSA) is 46.9 Å². The number of aliphatic hydroxyl groups is 1. The standard InChI is InChI=1S/C14H19F3N2O2/c1-10(20)12-3-2-11(8-13(12)21)19-6-4-18(5-7-19)9-14(15,16)17/h2-3,8,10,20-21H,4-7,9H2,1H3. The van der Waals surface area contributed by atoms with Gasteiger partial charge in [0, 0.05) is 43.5 Å². The molecule has 0 aliphatic carbocycles. The second-order valence-corrected chi connectivity index (χ2v) is 5.30. The SMILES string of the molecule is CC(O)c1ccc(N2CCN(CC(F)(F)F)CC2)cc1O. The lowest BCUT2D eigenvalue weighted by Gasteiger charge is -2.36. The molecule has 0 saturated carbocycles. The number of phenolic OH excluding ortho intramolecular Hbond substituents is 1. The molecule has 0 radical (unpaired) electrons. The molecule has 1 aromatic rings. The molecule has 1 heterocycles. The van der Waals surface area contributed by atoms with E-state index in [-0.39, 0.29) is 5.75 Å². The van der Waals surface area contributed by atoms with E-state index in [1.165, 1.54) is 4.90 Å². The average Bonchev–Trinajstić information content (AvgIpc) is 2.37. The second-order valence-electron chi connectivity index (χ2n) is 5.30. The van der Waals surface area contributed by atoms with Crippen LogP contribution in [0.15, 0.2) is 18.2 Å². The van der Waals surface area contributed by atoms with E-state index in [9.17, 15) is 23.4 Å². The van der Waals surface area contributed by atoms with E-state index in [2.05, 4.69) is 0 Å². The van der Waals surface area contributed by atoms with Gasteiger partial charge in [0.2, 0.25) is 0 Å². The Morgan fingerprint density at radius 3 is 2.29 bits per heavy atom. The lowest BCUT2D eigenvalue weighted by molar-refractivity contribution is -0.146. The Bertz CT molecular complexity index is 484. The Hall–Kier alpha value is -1.47. The quantitative estimate of drug-likeness (QED) is 0.898. The molecule has 1 atom stereocenters. The second kappa shape index (κ2) is 6.11. The minimum atomic E-state index is -4.17. The van der Waals surface area contributed by atoms with Crippen LogP contribution in [-0.2, 0) is 0 Å². The smallest absolute Gasteiger partial charge is 0.401 e. The summed E-state index contributed by atoms with van der Waals surface area (Å²) < 4.78 is 37.0. The molecule has 0 amide bonds. The molecule has 1 fully saturated rings. The van der Waals surface area contributed by atoms with Gasteiger partial charge in [0.15, 0.2) is 0 Å². The van der Waals surface area contributed by atoms with Gasteiger partial charge in [-0.3, -0.25) is 4.90 Å². The number of hydrogen-bond donors (Lipinski definition) is 2. The van der Waals surface area contributed by atoms with E-state index < -0.39 is 18.8 Å². The van der Waals surface area contributed by atoms with Crippen LogP contribution < -0.4 is 4.90 Å². The van der Waals surface area contributed by atoms with Gasteiger partial charge in [0.05, 0.1) is 12.6 Å². The number of halogens is 3. The highest BCUT2D eigenvalue weighted by Crippen LogP contribution is 2.29. The van der Waals surface area contributed by atoms with E-state index in [4.69, 9.17) is 0 Å². The third-order valence-electron chi connectivity index (χ3n) is 3.60. The number of benzene rings is 1. The predicted molar refractivity (Wildman–Crippen MR) is 73.4 cm³/mol. The Balaban J connectivity index is 1.98. The molecule has 1 unspecified atom stereocenters. The fraction of sp³-hybridized carbons (Fsp3) is 0.571. The maximum absolute atomic E-state index is 12.3. The van der Waals surface area contributed by atoms with E-state index in [0.717, 1.165) is 5.69 Å². The van der Waals surface area contributed by atoms with Crippen molar-refractivity contribution in [2.24, 2.45) is 0 Å². The van der Waals surface area contributed by atoms with Gasteiger partial charge in [0.25, 0.3) is 0 Å². The summed E-state index contributed by atoms with van der Waals surface area (Å²) in [6.45, 7) is 2.29. The Kier molecular flexibility index (Phi) is 4.63. The number of nitrogens with zero attached hydrogens (tertiary/aromatic N) is 2. The third kappa shape index (κ3) is 4.25. The summed E-state index contributed by atoms with van der Waals surface area (Å²) >= 11 is 0. The molecule has 1 aromatic carbocycles. The molecular weight excluding hydrogens is 285 g/mol. The number of aromatic hydroxyl groups is 1. The van der Waals surface area contributed by atoms with Gasteiger partial charge in [-0.05, 0) is 13.0 Å². The summed E-state index contributed by atoms with van der Waals surface area (Å²) in [5.74, 6) is 0.000205. The molecule has 1 aliphatic heterocycles. The molecule has 2 N–H and O–H groups in total. The summed E-state index contributed by atoms with van der Waals surface area (Å²) in [7, 11) is 0. The van der Waals surface area contributed by atoms with Gasteiger partial charge in [-0.1, -0.05) is 6.07 Å².